The van der Waals surface area contributed by atoms with E-state index < -0.39 is 7.05 Å². The molecule has 1 aromatic heterocycles. The Bertz CT molecular complexity index is 954. The molecule has 1 aromatic carbocycles. The van der Waals surface area contributed by atoms with Gasteiger partial charge in [-0.1, -0.05) is 37.6 Å². The Hall–Kier alpha value is -1.45. The second-order valence-electron chi connectivity index (χ2n) is 10.6. The molecule has 0 bridgehead atoms. The lowest BCUT2D eigenvalue weighted by Gasteiger charge is -2.46. The first kappa shape index (κ1) is 27.6. The van der Waals surface area contributed by atoms with Crippen LogP contribution in [0.4, 0.5) is 0 Å². The highest BCUT2D eigenvalue weighted by Crippen LogP contribution is 2.33. The predicted molar refractivity (Wildman–Crippen MR) is 150 cm³/mol. The van der Waals surface area contributed by atoms with E-state index >= 15 is 0 Å². The number of nitrogens with zero attached hydrogens (tertiary/aromatic N) is 4. The van der Waals surface area contributed by atoms with Crippen molar-refractivity contribution in [2.45, 2.75) is 52.0 Å². The van der Waals surface area contributed by atoms with E-state index in [2.05, 4.69) is 62.6 Å². The quantitative estimate of drug-likeness (QED) is 0.473. The third-order valence-electron chi connectivity index (χ3n) is 7.76. The fraction of sp³-hybridized carbons (Fsp3) is 0.556. The van der Waals surface area contributed by atoms with E-state index in [1.807, 2.05) is 31.2 Å². The molecular weight excluding hydrogens is 538 g/mol. The van der Waals surface area contributed by atoms with Gasteiger partial charge in [-0.25, -0.2) is 0 Å². The number of rotatable bonds is 7. The molecule has 1 N–H and O–H groups in total. The Kier molecular flexibility index (Phi) is 9.50. The predicted octanol–water partition coefficient (Wildman–Crippen LogP) is 4.97. The lowest BCUT2D eigenvalue weighted by Crippen LogP contribution is -2.58. The maximum Gasteiger partial charge on any atom is 0.376 e. The van der Waals surface area contributed by atoms with Crippen LogP contribution < -0.4 is 0 Å². The summed E-state index contributed by atoms with van der Waals surface area (Å²) in [6.07, 6.45) is 4.39. The molecule has 1 amide bonds. The fourth-order valence-electron chi connectivity index (χ4n) is 5.60. The monoisotopic (exact) mass is 574 g/mol. The first-order valence-electron chi connectivity index (χ1n) is 13.1. The van der Waals surface area contributed by atoms with Crippen LogP contribution in [-0.2, 0) is 4.79 Å². The summed E-state index contributed by atoms with van der Waals surface area (Å²) in [7, 11) is -0.408. The molecule has 4 rings (SSSR count). The number of amides is 1. The van der Waals surface area contributed by atoms with Crippen molar-refractivity contribution in [1.82, 2.24) is 19.6 Å². The highest BCUT2D eigenvalue weighted by molar-refractivity contribution is 9.10. The molecule has 0 radical (unpaired) electrons. The van der Waals surface area contributed by atoms with Crippen LogP contribution in [0, 0.1) is 11.8 Å². The molecule has 2 atom stereocenters. The Morgan fingerprint density at radius 1 is 1.14 bits per heavy atom. The fourth-order valence-corrected chi connectivity index (χ4v) is 5.97. The molecule has 36 heavy (non-hydrogen) atoms. The summed E-state index contributed by atoms with van der Waals surface area (Å²) >= 11 is 9.70. The minimum Gasteiger partial charge on any atom is -0.437 e. The zero-order valence-corrected chi connectivity index (χ0v) is 23.8. The van der Waals surface area contributed by atoms with Gasteiger partial charge >= 0.3 is 7.05 Å². The molecule has 0 aliphatic carbocycles. The van der Waals surface area contributed by atoms with Gasteiger partial charge in [0.05, 0.1) is 11.7 Å². The van der Waals surface area contributed by atoms with E-state index in [4.69, 9.17) is 16.6 Å². The van der Waals surface area contributed by atoms with Crippen molar-refractivity contribution in [3.8, 4) is 0 Å². The van der Waals surface area contributed by atoms with E-state index in [1.54, 1.807) is 0 Å². The third kappa shape index (κ3) is 6.70. The van der Waals surface area contributed by atoms with E-state index in [-0.39, 0.29) is 18.0 Å². The lowest BCUT2D eigenvalue weighted by molar-refractivity contribution is -0.139. The molecular formula is C27H37BBrClN4O2. The molecule has 194 valence electrons. The molecule has 0 spiro atoms. The van der Waals surface area contributed by atoms with Crippen LogP contribution in [0.3, 0.4) is 0 Å². The number of hydrogen-bond donors (Lipinski definition) is 1. The van der Waals surface area contributed by atoms with Crippen LogP contribution in [0.25, 0.3) is 0 Å². The lowest BCUT2D eigenvalue weighted by atomic mass is 9.80. The summed E-state index contributed by atoms with van der Waals surface area (Å²) in [6.45, 7) is 10.3. The first-order chi connectivity index (χ1) is 17.2. The molecule has 2 aliphatic rings. The number of aromatic nitrogens is 1. The number of pyridine rings is 1. The number of hydrogen-bond acceptors (Lipinski definition) is 5. The van der Waals surface area contributed by atoms with Gasteiger partial charge < -0.3 is 14.7 Å². The highest BCUT2D eigenvalue weighted by Gasteiger charge is 2.37. The number of piperazine rings is 1. The number of carbonyl (C=O) groups is 1. The van der Waals surface area contributed by atoms with Gasteiger partial charge in [-0.3, -0.25) is 14.7 Å². The SMILES string of the molecule is CB(O)N1CCC(CC(=O)N2CCN(C(c3ccc(Cl)cc3)c3ccc(Br)cn3)C[C@@H]2C(C)C)CC1. The molecule has 0 saturated carbocycles. The zero-order chi connectivity index (χ0) is 25.8. The van der Waals surface area contributed by atoms with Crippen LogP contribution in [-0.4, -0.2) is 76.3 Å². The molecule has 2 aliphatic heterocycles. The van der Waals surface area contributed by atoms with Gasteiger partial charge in [-0.15, -0.1) is 0 Å². The maximum absolute atomic E-state index is 13.5. The average molecular weight is 576 g/mol. The van der Waals surface area contributed by atoms with Crippen molar-refractivity contribution in [3.63, 3.8) is 0 Å². The summed E-state index contributed by atoms with van der Waals surface area (Å²) in [5, 5.41) is 10.6. The molecule has 2 aromatic rings. The van der Waals surface area contributed by atoms with Gasteiger partial charge in [0.15, 0.2) is 0 Å². The largest absolute Gasteiger partial charge is 0.437 e. The van der Waals surface area contributed by atoms with Crippen LogP contribution in [0.15, 0.2) is 47.1 Å². The van der Waals surface area contributed by atoms with Crippen LogP contribution in [0.1, 0.15) is 50.4 Å². The molecule has 9 heteroatoms. The number of carbonyl (C=O) groups excluding carboxylic acids is 1. The minimum atomic E-state index is -0.408. The van der Waals surface area contributed by atoms with Gasteiger partial charge in [-0.2, -0.15) is 0 Å². The maximum atomic E-state index is 13.5. The van der Waals surface area contributed by atoms with Crippen molar-refractivity contribution in [2.75, 3.05) is 32.7 Å². The van der Waals surface area contributed by atoms with Crippen molar-refractivity contribution >= 4 is 40.5 Å². The van der Waals surface area contributed by atoms with Gasteiger partial charge in [0.2, 0.25) is 5.91 Å². The van der Waals surface area contributed by atoms with Crippen LogP contribution >= 0.6 is 27.5 Å². The Morgan fingerprint density at radius 2 is 1.83 bits per heavy atom. The van der Waals surface area contributed by atoms with E-state index in [9.17, 15) is 9.82 Å². The van der Waals surface area contributed by atoms with Crippen molar-refractivity contribution in [2.24, 2.45) is 11.8 Å². The topological polar surface area (TPSA) is 59.9 Å². The first-order valence-corrected chi connectivity index (χ1v) is 14.2. The summed E-state index contributed by atoms with van der Waals surface area (Å²) in [6, 6.07) is 12.3. The molecule has 2 fully saturated rings. The second kappa shape index (κ2) is 12.4. The highest BCUT2D eigenvalue weighted by atomic mass is 79.9. The Labute approximate surface area is 229 Å². The van der Waals surface area contributed by atoms with Crippen molar-refractivity contribution in [3.05, 3.63) is 63.3 Å². The number of piperidine rings is 1. The van der Waals surface area contributed by atoms with Gasteiger partial charge in [0, 0.05) is 47.8 Å². The van der Waals surface area contributed by atoms with Crippen LogP contribution in [0.2, 0.25) is 11.8 Å². The van der Waals surface area contributed by atoms with Gasteiger partial charge in [0.25, 0.3) is 0 Å². The number of benzene rings is 1. The van der Waals surface area contributed by atoms with Gasteiger partial charge in [-0.05, 0) is 90.3 Å². The minimum absolute atomic E-state index is 0.00123. The van der Waals surface area contributed by atoms with E-state index in [1.165, 1.54) is 0 Å². The van der Waals surface area contributed by atoms with Gasteiger partial charge in [0.1, 0.15) is 0 Å². The number of halogens is 2. The Balaban J connectivity index is 1.49. The second-order valence-corrected chi connectivity index (χ2v) is 11.9. The van der Waals surface area contributed by atoms with Crippen LogP contribution in [0.5, 0.6) is 0 Å². The normalized spacial score (nSPS) is 21.1. The van der Waals surface area contributed by atoms with Crippen molar-refractivity contribution < 1.29 is 9.82 Å². The summed E-state index contributed by atoms with van der Waals surface area (Å²) in [4.78, 5) is 24.9. The van der Waals surface area contributed by atoms with E-state index in [0.717, 1.165) is 66.3 Å². The van der Waals surface area contributed by atoms with E-state index in [0.29, 0.717) is 18.3 Å². The third-order valence-corrected chi connectivity index (χ3v) is 8.48. The molecule has 6 nitrogen and oxygen atoms in total. The van der Waals surface area contributed by atoms with Crippen molar-refractivity contribution in [1.29, 1.82) is 0 Å². The zero-order valence-electron chi connectivity index (χ0n) is 21.5. The Morgan fingerprint density at radius 3 is 2.42 bits per heavy atom. The standard InChI is InChI=1S/C27H37BBrClN4O2/c1-19(2)25-18-32(14-15-34(25)26(35)16-20-10-12-33(13-11-20)28(3)36)27(21-4-7-23(30)8-5-21)24-9-6-22(29)17-31-24/h4-9,17,19-20,25,27,36H,10-16,18H2,1-3H3/t25-,27?/m1/s1. The average Bonchev–Trinajstić information content (AvgIpc) is 2.86. The summed E-state index contributed by atoms with van der Waals surface area (Å²) < 4.78 is 0.954. The molecule has 2 saturated heterocycles. The summed E-state index contributed by atoms with van der Waals surface area (Å²) in [5.41, 5.74) is 2.15. The molecule has 3 heterocycles. The summed E-state index contributed by atoms with van der Waals surface area (Å²) in [5.74, 6) is 1.01. The smallest absolute Gasteiger partial charge is 0.376 e. The molecule has 1 unspecified atom stereocenters.